The van der Waals surface area contributed by atoms with Crippen LogP contribution in [-0.2, 0) is 38.0 Å². The summed E-state index contributed by atoms with van der Waals surface area (Å²) in [5, 5.41) is 68.2. The summed E-state index contributed by atoms with van der Waals surface area (Å²) in [6.45, 7) is 8.65. The Morgan fingerprint density at radius 3 is 2.29 bits per heavy atom. The van der Waals surface area contributed by atoms with Gasteiger partial charge in [-0.1, -0.05) is 39.3 Å². The number of amides is 1. The molecule has 8 aliphatic rings. The van der Waals surface area contributed by atoms with E-state index in [1.807, 2.05) is 0 Å². The first kappa shape index (κ1) is 46.1. The molecule has 1 aromatic rings. The van der Waals surface area contributed by atoms with Gasteiger partial charge in [0, 0.05) is 35.4 Å². The molecule has 0 radical (unpaired) electrons. The summed E-state index contributed by atoms with van der Waals surface area (Å²) in [5.74, 6) is 1.73. The number of fused-ring (bicyclic) bond motifs is 7. The van der Waals surface area contributed by atoms with Crippen LogP contribution in [0.4, 0.5) is 10.5 Å². The average molecular weight is 908 g/mol. The summed E-state index contributed by atoms with van der Waals surface area (Å²) in [5.41, 5.74) is 0.0492. The van der Waals surface area contributed by atoms with Crippen molar-refractivity contribution in [2.45, 2.75) is 165 Å². The Morgan fingerprint density at radius 2 is 1.57 bits per heavy atom. The molecule has 0 aromatic heterocycles. The minimum atomic E-state index is -1.83. The number of Topliss-reactive ketones (excluding diaryl/α,β-unsaturated/α-hetero) is 1. The molecule has 0 bridgehead atoms. The lowest BCUT2D eigenvalue weighted by Crippen LogP contribution is -2.65. The third-order valence-electron chi connectivity index (χ3n) is 17.1. The maximum Gasteiger partial charge on any atom is 0.411 e. The molecule has 16 nitrogen and oxygen atoms in total. The molecule has 4 aliphatic carbocycles. The van der Waals surface area contributed by atoms with Crippen molar-refractivity contribution in [2.24, 2.45) is 52.3 Å². The molecule has 4 saturated heterocycles. The lowest BCUT2D eigenvalue weighted by molar-refractivity contribution is -0.364. The molecule has 17 heteroatoms. The van der Waals surface area contributed by atoms with Crippen molar-refractivity contribution in [1.82, 2.24) is 0 Å². The second-order valence-corrected chi connectivity index (χ2v) is 21.2. The molecular formula is C46H66ClNO15. The number of carbonyl (C=O) groups is 2. The van der Waals surface area contributed by atoms with Crippen LogP contribution < -0.4 is 5.32 Å². The van der Waals surface area contributed by atoms with Crippen LogP contribution in [0.25, 0.3) is 0 Å². The predicted molar refractivity (Wildman–Crippen MR) is 223 cm³/mol. The summed E-state index contributed by atoms with van der Waals surface area (Å²) in [6, 6.07) is 6.25. The normalized spacial score (nSPS) is 50.6. The molecule has 22 atom stereocenters. The second-order valence-electron chi connectivity index (χ2n) is 20.7. The molecule has 1 amide bonds. The molecule has 4 aliphatic heterocycles. The van der Waals surface area contributed by atoms with E-state index in [1.54, 1.807) is 24.3 Å². The molecular weight excluding hydrogens is 842 g/mol. The van der Waals surface area contributed by atoms with E-state index in [0.29, 0.717) is 59.4 Å². The number of nitrogens with one attached hydrogen (secondary N) is 1. The quantitative estimate of drug-likeness (QED) is 0.185. The van der Waals surface area contributed by atoms with Crippen LogP contribution >= 0.6 is 11.6 Å². The van der Waals surface area contributed by atoms with Crippen molar-refractivity contribution in [3.8, 4) is 0 Å². The lowest BCUT2D eigenvalue weighted by Gasteiger charge is -2.60. The molecule has 8 fully saturated rings. The van der Waals surface area contributed by atoms with Gasteiger partial charge < -0.3 is 63.8 Å². The Morgan fingerprint density at radius 1 is 0.857 bits per heavy atom. The second kappa shape index (κ2) is 17.6. The number of aliphatic hydroxyl groups excluding tert-OH is 6. The summed E-state index contributed by atoms with van der Waals surface area (Å²) in [6.07, 6.45) is -9.47. The minimum absolute atomic E-state index is 0.0465. The zero-order chi connectivity index (χ0) is 44.7. The highest BCUT2D eigenvalue weighted by molar-refractivity contribution is 6.30. The molecule has 7 N–H and O–H groups in total. The number of aliphatic hydroxyl groups is 6. The Bertz CT molecular complexity index is 1820. The van der Waals surface area contributed by atoms with E-state index in [9.17, 15) is 40.2 Å². The SMILES string of the molecule is C[C@@H]1CC[C@@]2(OC1)O[C@H]1C[C@H]3[C@@H]4CC[C@H]5C[C@@H](O[C@@H]6O[C@H](CO)[C@@H](O[C@@H]7O[C@H](COC(=O)Nc8ccc(Cl)cc8)[C@@H](O)[C@H](O)[C@H]7O)[C@H](O)[C@H]6O)CC[C@]5(C)[C@H]4C(=O)C[C@]3(C)[C@H]1[C@@H]2C. The fraction of sp³-hybridized carbons (Fsp3) is 0.826. The molecule has 4 heterocycles. The van der Waals surface area contributed by atoms with E-state index in [1.165, 1.54) is 0 Å². The van der Waals surface area contributed by atoms with Gasteiger partial charge in [-0.15, -0.1) is 0 Å². The third kappa shape index (κ3) is 8.08. The van der Waals surface area contributed by atoms with E-state index >= 15 is 0 Å². The Kier molecular flexibility index (Phi) is 12.9. The molecule has 352 valence electrons. The minimum Gasteiger partial charge on any atom is -0.446 e. The van der Waals surface area contributed by atoms with Crippen LogP contribution in [0.3, 0.4) is 0 Å². The van der Waals surface area contributed by atoms with Crippen molar-refractivity contribution in [1.29, 1.82) is 0 Å². The number of ketones is 1. The number of benzene rings is 1. The smallest absolute Gasteiger partial charge is 0.411 e. The summed E-state index contributed by atoms with van der Waals surface area (Å²) in [4.78, 5) is 27.0. The Hall–Kier alpha value is -2.03. The first-order valence-corrected chi connectivity index (χ1v) is 23.5. The van der Waals surface area contributed by atoms with Crippen molar-refractivity contribution >= 4 is 29.2 Å². The van der Waals surface area contributed by atoms with Gasteiger partial charge in [-0.25, -0.2) is 4.79 Å². The van der Waals surface area contributed by atoms with Crippen LogP contribution in [-0.4, -0.2) is 142 Å². The first-order valence-electron chi connectivity index (χ1n) is 23.1. The molecule has 63 heavy (non-hydrogen) atoms. The van der Waals surface area contributed by atoms with Crippen LogP contribution in [0.15, 0.2) is 24.3 Å². The summed E-state index contributed by atoms with van der Waals surface area (Å²) >= 11 is 5.89. The number of ether oxygens (including phenoxy) is 7. The molecule has 1 aromatic carbocycles. The van der Waals surface area contributed by atoms with Crippen LogP contribution in [0.1, 0.15) is 85.5 Å². The van der Waals surface area contributed by atoms with Crippen LogP contribution in [0, 0.1) is 52.3 Å². The highest BCUT2D eigenvalue weighted by Crippen LogP contribution is 2.70. The van der Waals surface area contributed by atoms with Gasteiger partial charge in [0.2, 0.25) is 0 Å². The monoisotopic (exact) mass is 907 g/mol. The van der Waals surface area contributed by atoms with Crippen LogP contribution in [0.5, 0.6) is 0 Å². The maximum atomic E-state index is 14.6. The van der Waals surface area contributed by atoms with Gasteiger partial charge in [-0.3, -0.25) is 10.1 Å². The van der Waals surface area contributed by atoms with Gasteiger partial charge >= 0.3 is 6.09 Å². The average Bonchev–Trinajstić information content (AvgIpc) is 3.70. The Labute approximate surface area is 373 Å². The largest absolute Gasteiger partial charge is 0.446 e. The third-order valence-corrected chi connectivity index (χ3v) is 17.4. The molecule has 4 saturated carbocycles. The van der Waals surface area contributed by atoms with Crippen molar-refractivity contribution in [2.75, 3.05) is 25.1 Å². The molecule has 0 unspecified atom stereocenters. The number of hydrogen-bond donors (Lipinski definition) is 7. The predicted octanol–water partition coefficient (Wildman–Crippen LogP) is 3.53. The molecule has 1 spiro atoms. The van der Waals surface area contributed by atoms with E-state index in [-0.39, 0.29) is 40.8 Å². The van der Waals surface area contributed by atoms with Gasteiger partial charge in [-0.05, 0) is 110 Å². The molecule has 9 rings (SSSR count). The summed E-state index contributed by atoms with van der Waals surface area (Å²) in [7, 11) is 0. The number of halogens is 1. The van der Waals surface area contributed by atoms with Gasteiger partial charge in [0.25, 0.3) is 0 Å². The van der Waals surface area contributed by atoms with Gasteiger partial charge in [0.05, 0.1) is 25.4 Å². The van der Waals surface area contributed by atoms with Crippen molar-refractivity contribution in [3.63, 3.8) is 0 Å². The number of anilines is 1. The van der Waals surface area contributed by atoms with E-state index in [4.69, 9.17) is 44.8 Å². The topological polar surface area (TPSA) is 232 Å². The first-order chi connectivity index (χ1) is 30.0. The van der Waals surface area contributed by atoms with E-state index in [0.717, 1.165) is 45.1 Å². The van der Waals surface area contributed by atoms with Crippen molar-refractivity contribution < 1.29 is 73.4 Å². The summed E-state index contributed by atoms with van der Waals surface area (Å²) < 4.78 is 42.6. The maximum absolute atomic E-state index is 14.6. The van der Waals surface area contributed by atoms with Gasteiger partial charge in [0.1, 0.15) is 61.2 Å². The lowest BCUT2D eigenvalue weighted by atomic mass is 9.44. The number of hydrogen-bond acceptors (Lipinski definition) is 15. The van der Waals surface area contributed by atoms with Crippen molar-refractivity contribution in [3.05, 3.63) is 29.3 Å². The highest BCUT2D eigenvalue weighted by atomic mass is 35.5. The number of carbonyl (C=O) groups excluding carboxylic acids is 2. The fourth-order valence-corrected chi connectivity index (χ4v) is 14.0. The highest BCUT2D eigenvalue weighted by Gasteiger charge is 2.71. The van der Waals surface area contributed by atoms with Gasteiger partial charge in [-0.2, -0.15) is 0 Å². The standard InChI is InChI=1S/C46H66ClNO15/c1-21-11-14-46(58-19-21)22(2)33-30(63-46)16-28-27-10-5-23-15-26(12-13-44(23,3)34(27)29(50)17-45(28,33)4)59-41-39(55)37(53)40(31(18-49)60-41)62-42-38(54)36(52)35(51)32(61-42)20-57-43(56)48-25-8-6-24(47)7-9-25/h6-9,21-23,26-28,30-42,49,51-55H,5,10-20H2,1-4H3,(H,48,56)/t21-,22+,23+,26+,27+,28+,30+,31-,32-,33+,34-,35-,36+,37-,38-,39-,40-,41-,42+,44+,45+,46-/m1/s1. The van der Waals surface area contributed by atoms with Crippen LogP contribution in [0.2, 0.25) is 5.02 Å². The zero-order valence-corrected chi connectivity index (χ0v) is 37.3. The number of rotatable bonds is 8. The van der Waals surface area contributed by atoms with E-state index < -0.39 is 86.5 Å². The van der Waals surface area contributed by atoms with E-state index in [2.05, 4.69) is 33.0 Å². The Balaban J connectivity index is 0.804. The fourth-order valence-electron chi connectivity index (χ4n) is 13.9. The van der Waals surface area contributed by atoms with Gasteiger partial charge in [0.15, 0.2) is 18.4 Å². The zero-order valence-electron chi connectivity index (χ0n) is 36.5.